The predicted molar refractivity (Wildman–Crippen MR) is 143 cm³/mol. The molecule has 9 nitrogen and oxygen atoms in total. The fourth-order valence-electron chi connectivity index (χ4n) is 3.18. The van der Waals surface area contributed by atoms with Crippen LogP contribution in [-0.4, -0.2) is 37.1 Å². The summed E-state index contributed by atoms with van der Waals surface area (Å²) >= 11 is 6.36. The summed E-state index contributed by atoms with van der Waals surface area (Å²) in [4.78, 5) is 36.3. The van der Waals surface area contributed by atoms with E-state index < -0.39 is 17.6 Å². The highest BCUT2D eigenvalue weighted by Gasteiger charge is 2.16. The van der Waals surface area contributed by atoms with Gasteiger partial charge in [-0.2, -0.15) is 5.10 Å². The molecule has 0 unspecified atom stereocenters. The molecule has 11 heteroatoms. The van der Waals surface area contributed by atoms with E-state index in [2.05, 4.69) is 21.2 Å². The molecule has 3 N–H and O–H groups in total. The monoisotopic (exact) mass is 540 g/mol. The first-order valence-electron chi connectivity index (χ1n) is 11.7. The van der Waals surface area contributed by atoms with Gasteiger partial charge in [0.05, 0.1) is 23.5 Å². The van der Waals surface area contributed by atoms with Crippen LogP contribution in [0.2, 0.25) is 5.02 Å². The Morgan fingerprint density at radius 2 is 1.71 bits per heavy atom. The normalized spacial score (nSPS) is 10.6. The largest absolute Gasteiger partial charge is 0.490 e. The lowest BCUT2D eigenvalue weighted by Crippen LogP contribution is -2.32. The van der Waals surface area contributed by atoms with E-state index in [9.17, 15) is 18.8 Å². The van der Waals surface area contributed by atoms with Crippen LogP contribution >= 0.6 is 11.6 Å². The van der Waals surface area contributed by atoms with Gasteiger partial charge < -0.3 is 20.1 Å². The highest BCUT2D eigenvalue weighted by Crippen LogP contribution is 2.36. The van der Waals surface area contributed by atoms with Gasteiger partial charge >= 0.3 is 11.8 Å². The number of carbonyl (C=O) groups excluding carboxylic acids is 3. The van der Waals surface area contributed by atoms with Gasteiger partial charge in [0.15, 0.2) is 18.1 Å². The minimum atomic E-state index is -1.10. The number of halogens is 2. The summed E-state index contributed by atoms with van der Waals surface area (Å²) in [5.74, 6) is -2.84. The molecular weight excluding hydrogens is 515 g/mol. The second kappa shape index (κ2) is 13.8. The summed E-state index contributed by atoms with van der Waals surface area (Å²) in [6.07, 6.45) is 2.13. The molecule has 0 saturated heterocycles. The Morgan fingerprint density at radius 1 is 0.974 bits per heavy atom. The van der Waals surface area contributed by atoms with Crippen molar-refractivity contribution in [1.29, 1.82) is 0 Å². The average molecular weight is 541 g/mol. The number of hydrogen-bond acceptors (Lipinski definition) is 6. The molecule has 0 saturated carbocycles. The maximum absolute atomic E-state index is 13.6. The minimum absolute atomic E-state index is 0.136. The second-order valence-electron chi connectivity index (χ2n) is 7.78. The summed E-state index contributed by atoms with van der Waals surface area (Å²) in [6, 6.07) is 15.9. The zero-order chi connectivity index (χ0) is 27.5. The Labute approximate surface area is 224 Å². The number of aryl methyl sites for hydroxylation is 1. The first-order chi connectivity index (χ1) is 18.3. The molecule has 0 atom stereocenters. The lowest BCUT2D eigenvalue weighted by atomic mass is 10.1. The Hall–Kier alpha value is -4.44. The van der Waals surface area contributed by atoms with Crippen molar-refractivity contribution in [3.63, 3.8) is 0 Å². The van der Waals surface area contributed by atoms with E-state index >= 15 is 0 Å². The molecule has 198 valence electrons. The van der Waals surface area contributed by atoms with Gasteiger partial charge in [-0.1, -0.05) is 42.8 Å². The maximum atomic E-state index is 13.6. The molecule has 0 aliphatic carbocycles. The van der Waals surface area contributed by atoms with Crippen LogP contribution < -0.4 is 25.5 Å². The first kappa shape index (κ1) is 28.1. The summed E-state index contributed by atoms with van der Waals surface area (Å²) in [5.41, 5.74) is 4.13. The molecule has 0 bridgehead atoms. The van der Waals surface area contributed by atoms with E-state index in [4.69, 9.17) is 21.1 Å². The van der Waals surface area contributed by atoms with Crippen molar-refractivity contribution in [2.24, 2.45) is 5.10 Å². The molecule has 0 aromatic heterocycles. The smallest absolute Gasteiger partial charge is 0.329 e. The van der Waals surface area contributed by atoms with Crippen molar-refractivity contribution in [2.75, 3.05) is 23.8 Å². The lowest BCUT2D eigenvalue weighted by molar-refractivity contribution is -0.136. The summed E-state index contributed by atoms with van der Waals surface area (Å²) in [7, 11) is 0. The number of benzene rings is 3. The van der Waals surface area contributed by atoms with Crippen LogP contribution in [0.1, 0.15) is 25.0 Å². The number of amides is 3. The fourth-order valence-corrected chi connectivity index (χ4v) is 3.46. The standard InChI is InChI=1S/C27H26ClFN4O5/c1-3-17-9-11-19(12-10-17)31-24(34)16-38-25-20(28)13-18(14-23(25)37-4-2)15-30-33-27(36)26(35)32-22-8-6-5-7-21(22)29/h5-15H,3-4,16H2,1-2H3,(H,31,34)(H,32,35)(H,33,36)/b30-15-. The molecular formula is C27H26ClFN4O5. The third-order valence-electron chi connectivity index (χ3n) is 5.03. The van der Waals surface area contributed by atoms with Crippen LogP contribution in [0.15, 0.2) is 65.8 Å². The number of carbonyl (C=O) groups is 3. The molecule has 0 radical (unpaired) electrons. The van der Waals surface area contributed by atoms with E-state index in [1.165, 1.54) is 30.5 Å². The van der Waals surface area contributed by atoms with Crippen LogP contribution in [0, 0.1) is 5.82 Å². The van der Waals surface area contributed by atoms with Gasteiger partial charge in [-0.25, -0.2) is 9.82 Å². The molecule has 38 heavy (non-hydrogen) atoms. The fraction of sp³-hybridized carbons (Fsp3) is 0.185. The number of hydrogen-bond donors (Lipinski definition) is 3. The summed E-state index contributed by atoms with van der Waals surface area (Å²) < 4.78 is 24.9. The van der Waals surface area contributed by atoms with Gasteiger partial charge in [0, 0.05) is 5.69 Å². The zero-order valence-electron chi connectivity index (χ0n) is 20.7. The van der Waals surface area contributed by atoms with Gasteiger partial charge in [0.25, 0.3) is 5.91 Å². The quantitative estimate of drug-likeness (QED) is 0.198. The van der Waals surface area contributed by atoms with E-state index in [1.807, 2.05) is 31.2 Å². The van der Waals surface area contributed by atoms with Crippen molar-refractivity contribution < 1.29 is 28.2 Å². The number of para-hydroxylation sites is 1. The lowest BCUT2D eigenvalue weighted by Gasteiger charge is -2.14. The molecule has 0 heterocycles. The number of rotatable bonds is 10. The van der Waals surface area contributed by atoms with Crippen LogP contribution in [0.4, 0.5) is 15.8 Å². The Kier molecular flexibility index (Phi) is 10.2. The number of nitrogens with zero attached hydrogens (tertiary/aromatic N) is 1. The van der Waals surface area contributed by atoms with Crippen LogP contribution in [0.25, 0.3) is 0 Å². The highest BCUT2D eigenvalue weighted by atomic mass is 35.5. The predicted octanol–water partition coefficient (Wildman–Crippen LogP) is 4.55. The number of nitrogens with one attached hydrogen (secondary N) is 3. The molecule has 0 aliphatic heterocycles. The second-order valence-corrected chi connectivity index (χ2v) is 8.19. The van der Waals surface area contributed by atoms with Gasteiger partial charge in [-0.15, -0.1) is 0 Å². The van der Waals surface area contributed by atoms with E-state index in [-0.39, 0.29) is 41.3 Å². The number of anilines is 2. The Bertz CT molecular complexity index is 1330. The van der Waals surface area contributed by atoms with Gasteiger partial charge in [-0.05, 0) is 60.9 Å². The van der Waals surface area contributed by atoms with Crippen molar-refractivity contribution in [1.82, 2.24) is 5.43 Å². The highest BCUT2D eigenvalue weighted by molar-refractivity contribution is 6.39. The van der Waals surface area contributed by atoms with Crippen molar-refractivity contribution in [2.45, 2.75) is 20.3 Å². The van der Waals surface area contributed by atoms with Crippen molar-refractivity contribution in [3.05, 3.63) is 82.6 Å². The van der Waals surface area contributed by atoms with E-state index in [0.29, 0.717) is 11.3 Å². The molecule has 3 aromatic carbocycles. The molecule has 3 rings (SSSR count). The van der Waals surface area contributed by atoms with Gasteiger partial charge in [0.2, 0.25) is 0 Å². The van der Waals surface area contributed by atoms with Crippen molar-refractivity contribution >= 4 is 46.9 Å². The molecule has 3 aromatic rings. The van der Waals surface area contributed by atoms with Crippen molar-refractivity contribution in [3.8, 4) is 11.5 Å². The molecule has 0 fully saturated rings. The summed E-state index contributed by atoms with van der Waals surface area (Å²) in [5, 5.41) is 8.78. The van der Waals surface area contributed by atoms with Crippen LogP contribution in [-0.2, 0) is 20.8 Å². The van der Waals surface area contributed by atoms with Crippen LogP contribution in [0.3, 0.4) is 0 Å². The van der Waals surface area contributed by atoms with E-state index in [1.54, 1.807) is 13.0 Å². The molecule has 0 spiro atoms. The third-order valence-corrected chi connectivity index (χ3v) is 5.31. The SMILES string of the molecule is CCOc1cc(/C=N\NC(=O)C(=O)Nc2ccccc2F)cc(Cl)c1OCC(=O)Nc1ccc(CC)cc1. The zero-order valence-corrected chi connectivity index (χ0v) is 21.5. The molecule has 0 aliphatic rings. The Morgan fingerprint density at radius 3 is 2.39 bits per heavy atom. The van der Waals surface area contributed by atoms with Crippen LogP contribution in [0.5, 0.6) is 11.5 Å². The van der Waals surface area contributed by atoms with E-state index in [0.717, 1.165) is 18.1 Å². The first-order valence-corrected chi connectivity index (χ1v) is 12.0. The van der Waals surface area contributed by atoms with Gasteiger partial charge in [-0.3, -0.25) is 14.4 Å². The summed E-state index contributed by atoms with van der Waals surface area (Å²) in [6.45, 7) is 3.79. The Balaban J connectivity index is 1.60. The average Bonchev–Trinajstić information content (AvgIpc) is 2.90. The third kappa shape index (κ3) is 8.04. The number of ether oxygens (including phenoxy) is 2. The number of hydrazone groups is 1. The molecule has 3 amide bonds. The minimum Gasteiger partial charge on any atom is -0.490 e. The van der Waals surface area contributed by atoms with Gasteiger partial charge in [0.1, 0.15) is 5.82 Å². The maximum Gasteiger partial charge on any atom is 0.329 e. The topological polar surface area (TPSA) is 118 Å².